The zero-order chi connectivity index (χ0) is 12.6. The van der Waals surface area contributed by atoms with Gasteiger partial charge in [0.05, 0.1) is 0 Å². The Kier molecular flexibility index (Phi) is 2.80. The Hall–Kier alpha value is -1.96. The van der Waals surface area contributed by atoms with E-state index in [0.29, 0.717) is 0 Å². The van der Waals surface area contributed by atoms with Crippen molar-refractivity contribution in [3.63, 3.8) is 0 Å². The van der Waals surface area contributed by atoms with E-state index in [9.17, 15) is 10.2 Å². The Bertz CT molecular complexity index is 571. The lowest BCUT2D eigenvalue weighted by Crippen LogP contribution is -1.88. The number of benzene rings is 2. The van der Waals surface area contributed by atoms with Crippen LogP contribution >= 0.6 is 0 Å². The van der Waals surface area contributed by atoms with E-state index < -0.39 is 0 Å². The maximum absolute atomic E-state index is 10.1. The number of para-hydroxylation sites is 1. The number of phenols is 2. The zero-order valence-electron chi connectivity index (χ0n) is 10.3. The molecule has 0 aliphatic heterocycles. The molecule has 2 aromatic carbocycles. The van der Waals surface area contributed by atoms with Crippen molar-refractivity contribution in [1.29, 1.82) is 0 Å². The first-order valence-electron chi connectivity index (χ1n) is 5.60. The van der Waals surface area contributed by atoms with Gasteiger partial charge in [0, 0.05) is 5.56 Å². The van der Waals surface area contributed by atoms with Gasteiger partial charge in [0.15, 0.2) is 0 Å². The lowest BCUT2D eigenvalue weighted by Gasteiger charge is -2.12. The molecule has 0 aliphatic carbocycles. The molecule has 0 saturated heterocycles. The summed E-state index contributed by atoms with van der Waals surface area (Å²) in [6.07, 6.45) is 0. The van der Waals surface area contributed by atoms with Gasteiger partial charge in [-0.15, -0.1) is 0 Å². The van der Waals surface area contributed by atoms with Crippen LogP contribution in [0.2, 0.25) is 0 Å². The summed E-state index contributed by atoms with van der Waals surface area (Å²) >= 11 is 0. The van der Waals surface area contributed by atoms with Crippen LogP contribution in [0.15, 0.2) is 30.3 Å². The van der Waals surface area contributed by atoms with E-state index >= 15 is 0 Å². The van der Waals surface area contributed by atoms with E-state index in [2.05, 4.69) is 0 Å². The van der Waals surface area contributed by atoms with Gasteiger partial charge < -0.3 is 10.2 Å². The van der Waals surface area contributed by atoms with Gasteiger partial charge in [-0.05, 0) is 49.1 Å². The van der Waals surface area contributed by atoms with Gasteiger partial charge in [-0.25, -0.2) is 0 Å². The standard InChI is InChI=1S/C15H16O2/c1-9-5-4-6-12(15(9)17)13-8-14(16)11(3)7-10(13)2/h4-8,16-17H,1-3H3. The van der Waals surface area contributed by atoms with E-state index in [0.717, 1.165) is 27.8 Å². The minimum Gasteiger partial charge on any atom is -0.508 e. The highest BCUT2D eigenvalue weighted by Crippen LogP contribution is 2.36. The van der Waals surface area contributed by atoms with E-state index in [1.165, 1.54) is 0 Å². The Labute approximate surface area is 101 Å². The first kappa shape index (κ1) is 11.5. The summed E-state index contributed by atoms with van der Waals surface area (Å²) in [5.41, 5.74) is 4.36. The lowest BCUT2D eigenvalue weighted by atomic mass is 9.96. The first-order chi connectivity index (χ1) is 8.00. The fraction of sp³-hybridized carbons (Fsp3) is 0.200. The van der Waals surface area contributed by atoms with Gasteiger partial charge in [-0.2, -0.15) is 0 Å². The number of hydrogen-bond acceptors (Lipinski definition) is 2. The summed E-state index contributed by atoms with van der Waals surface area (Å²) in [6.45, 7) is 5.70. The molecule has 0 saturated carbocycles. The highest BCUT2D eigenvalue weighted by atomic mass is 16.3. The highest BCUT2D eigenvalue weighted by Gasteiger charge is 2.10. The molecular weight excluding hydrogens is 212 g/mol. The van der Waals surface area contributed by atoms with Crippen molar-refractivity contribution in [3.05, 3.63) is 47.0 Å². The molecule has 2 aromatic rings. The van der Waals surface area contributed by atoms with Crippen molar-refractivity contribution in [2.75, 3.05) is 0 Å². The number of hydrogen-bond donors (Lipinski definition) is 2. The maximum Gasteiger partial charge on any atom is 0.126 e. The average molecular weight is 228 g/mol. The average Bonchev–Trinajstić information content (AvgIpc) is 2.28. The number of phenolic OH excluding ortho intramolecular Hbond substituents is 2. The Morgan fingerprint density at radius 2 is 1.47 bits per heavy atom. The van der Waals surface area contributed by atoms with Crippen LogP contribution in [0, 0.1) is 20.8 Å². The number of aryl methyl sites for hydroxylation is 3. The van der Waals surface area contributed by atoms with Gasteiger partial charge >= 0.3 is 0 Å². The molecule has 0 aromatic heterocycles. The molecule has 0 bridgehead atoms. The van der Waals surface area contributed by atoms with Crippen LogP contribution in [0.1, 0.15) is 16.7 Å². The van der Waals surface area contributed by atoms with Crippen LogP contribution in [0.25, 0.3) is 11.1 Å². The number of rotatable bonds is 1. The summed E-state index contributed by atoms with van der Waals surface area (Å²) in [4.78, 5) is 0. The van der Waals surface area contributed by atoms with Gasteiger partial charge in [0.25, 0.3) is 0 Å². The van der Waals surface area contributed by atoms with Crippen LogP contribution in [0.3, 0.4) is 0 Å². The molecule has 0 radical (unpaired) electrons. The van der Waals surface area contributed by atoms with Crippen LogP contribution in [-0.4, -0.2) is 10.2 Å². The summed E-state index contributed by atoms with van der Waals surface area (Å²) in [6, 6.07) is 9.26. The summed E-state index contributed by atoms with van der Waals surface area (Å²) in [7, 11) is 0. The summed E-state index contributed by atoms with van der Waals surface area (Å²) < 4.78 is 0. The predicted octanol–water partition coefficient (Wildman–Crippen LogP) is 3.69. The van der Waals surface area contributed by atoms with Crippen molar-refractivity contribution < 1.29 is 10.2 Å². The molecule has 0 amide bonds. The van der Waals surface area contributed by atoms with E-state index in [4.69, 9.17) is 0 Å². The van der Waals surface area contributed by atoms with E-state index in [1.807, 2.05) is 45.0 Å². The zero-order valence-corrected chi connectivity index (χ0v) is 10.3. The molecule has 17 heavy (non-hydrogen) atoms. The van der Waals surface area contributed by atoms with Crippen molar-refractivity contribution in [1.82, 2.24) is 0 Å². The molecule has 0 heterocycles. The van der Waals surface area contributed by atoms with Gasteiger partial charge in [-0.1, -0.05) is 24.3 Å². The van der Waals surface area contributed by atoms with Crippen molar-refractivity contribution in [3.8, 4) is 22.6 Å². The van der Waals surface area contributed by atoms with Gasteiger partial charge in [0.2, 0.25) is 0 Å². The van der Waals surface area contributed by atoms with Crippen LogP contribution in [0.5, 0.6) is 11.5 Å². The first-order valence-corrected chi connectivity index (χ1v) is 5.60. The molecular formula is C15H16O2. The molecule has 0 aliphatic rings. The van der Waals surface area contributed by atoms with Crippen LogP contribution < -0.4 is 0 Å². The Balaban J connectivity index is 2.69. The second-order valence-corrected chi connectivity index (χ2v) is 4.42. The summed E-state index contributed by atoms with van der Waals surface area (Å²) in [5.74, 6) is 0.533. The van der Waals surface area contributed by atoms with Gasteiger partial charge in [0.1, 0.15) is 11.5 Å². The third kappa shape index (κ3) is 1.98. The third-order valence-electron chi connectivity index (χ3n) is 3.07. The SMILES string of the molecule is Cc1cc(C)c(-c2cccc(C)c2O)cc1O. The molecule has 0 fully saturated rings. The largest absolute Gasteiger partial charge is 0.508 e. The number of aromatic hydroxyl groups is 2. The highest BCUT2D eigenvalue weighted by molar-refractivity contribution is 5.75. The van der Waals surface area contributed by atoms with Crippen molar-refractivity contribution in [2.45, 2.75) is 20.8 Å². The fourth-order valence-electron chi connectivity index (χ4n) is 2.01. The molecule has 2 rings (SSSR count). The van der Waals surface area contributed by atoms with Crippen molar-refractivity contribution >= 4 is 0 Å². The Morgan fingerprint density at radius 3 is 2.18 bits per heavy atom. The predicted molar refractivity (Wildman–Crippen MR) is 69.4 cm³/mol. The smallest absolute Gasteiger partial charge is 0.126 e. The minimum atomic E-state index is 0.256. The van der Waals surface area contributed by atoms with E-state index in [-0.39, 0.29) is 11.5 Å². The van der Waals surface area contributed by atoms with Gasteiger partial charge in [-0.3, -0.25) is 0 Å². The third-order valence-corrected chi connectivity index (χ3v) is 3.07. The van der Waals surface area contributed by atoms with Crippen LogP contribution in [0.4, 0.5) is 0 Å². The van der Waals surface area contributed by atoms with Crippen molar-refractivity contribution in [2.24, 2.45) is 0 Å². The second kappa shape index (κ2) is 4.13. The normalized spacial score (nSPS) is 10.5. The molecule has 0 unspecified atom stereocenters. The second-order valence-electron chi connectivity index (χ2n) is 4.42. The minimum absolute atomic E-state index is 0.256. The molecule has 2 heteroatoms. The topological polar surface area (TPSA) is 40.5 Å². The van der Waals surface area contributed by atoms with Crippen LogP contribution in [-0.2, 0) is 0 Å². The summed E-state index contributed by atoms with van der Waals surface area (Å²) in [5, 5.41) is 19.8. The molecule has 0 spiro atoms. The van der Waals surface area contributed by atoms with E-state index in [1.54, 1.807) is 6.07 Å². The molecule has 2 nitrogen and oxygen atoms in total. The quantitative estimate of drug-likeness (QED) is 0.781. The monoisotopic (exact) mass is 228 g/mol. The fourth-order valence-corrected chi connectivity index (χ4v) is 2.01. The molecule has 88 valence electrons. The Morgan fingerprint density at radius 1 is 0.765 bits per heavy atom. The lowest BCUT2D eigenvalue weighted by molar-refractivity contribution is 0.469. The molecule has 2 N–H and O–H groups in total. The molecule has 0 atom stereocenters. The maximum atomic E-state index is 10.1.